The van der Waals surface area contributed by atoms with Gasteiger partial charge in [0, 0.05) is 33.0 Å². The molecule has 2 rings (SSSR count). The van der Waals surface area contributed by atoms with Gasteiger partial charge >= 0.3 is 5.97 Å². The average Bonchev–Trinajstić information content (AvgIpc) is 2.80. The molecule has 0 radical (unpaired) electrons. The van der Waals surface area contributed by atoms with Crippen LogP contribution in [0.15, 0.2) is 0 Å². The highest BCUT2D eigenvalue weighted by molar-refractivity contribution is 5.86. The van der Waals surface area contributed by atoms with Crippen LogP contribution in [0.3, 0.4) is 0 Å². The maximum Gasteiger partial charge on any atom is 0.326 e. The summed E-state index contributed by atoms with van der Waals surface area (Å²) < 4.78 is 0. The first-order valence-corrected chi connectivity index (χ1v) is 6.87. The molecule has 1 unspecified atom stereocenters. The van der Waals surface area contributed by atoms with Gasteiger partial charge in [-0.3, -0.25) is 9.59 Å². The summed E-state index contributed by atoms with van der Waals surface area (Å²) in [7, 11) is 0. The molecule has 0 aromatic rings. The monoisotopic (exact) mass is 284 g/mol. The van der Waals surface area contributed by atoms with Crippen LogP contribution in [0.25, 0.3) is 0 Å². The van der Waals surface area contributed by atoms with E-state index < -0.39 is 18.1 Å². The van der Waals surface area contributed by atoms with Gasteiger partial charge in [0.05, 0.1) is 12.0 Å². The van der Waals surface area contributed by atoms with Gasteiger partial charge in [0.15, 0.2) is 0 Å². The number of carboxylic acid groups (broad SMARTS) is 1. The fourth-order valence-electron chi connectivity index (χ4n) is 2.99. The second-order valence-corrected chi connectivity index (χ2v) is 5.54. The number of hydrogen-bond donors (Lipinski definition) is 2. The number of nitrogens with zero attached hydrogens (tertiary/aromatic N) is 2. The van der Waals surface area contributed by atoms with Gasteiger partial charge in [0.2, 0.25) is 11.8 Å². The molecule has 0 spiro atoms. The van der Waals surface area contributed by atoms with E-state index in [0.29, 0.717) is 19.5 Å². The van der Waals surface area contributed by atoms with Crippen LogP contribution in [0.4, 0.5) is 0 Å². The molecule has 2 aliphatic heterocycles. The fourth-order valence-corrected chi connectivity index (χ4v) is 2.99. The Morgan fingerprint density at radius 3 is 2.50 bits per heavy atom. The zero-order chi connectivity index (χ0) is 14.9. The Bertz CT molecular complexity index is 425. The van der Waals surface area contributed by atoms with E-state index in [2.05, 4.69) is 0 Å². The van der Waals surface area contributed by atoms with Gasteiger partial charge in [-0.2, -0.15) is 0 Å². The lowest BCUT2D eigenvalue weighted by atomic mass is 9.96. The Labute approximate surface area is 117 Å². The SMILES string of the molecule is CC(=O)N1CCCC(C(=O)N2C[C@H](O)C[C@H]2C(=O)O)C1. The lowest BCUT2D eigenvalue weighted by Gasteiger charge is -2.34. The number of rotatable bonds is 2. The largest absolute Gasteiger partial charge is 0.480 e. The number of amides is 2. The molecule has 112 valence electrons. The predicted molar refractivity (Wildman–Crippen MR) is 68.7 cm³/mol. The fraction of sp³-hybridized carbons (Fsp3) is 0.769. The van der Waals surface area contributed by atoms with Crippen LogP contribution < -0.4 is 0 Å². The summed E-state index contributed by atoms with van der Waals surface area (Å²) in [5, 5.41) is 18.7. The molecule has 0 aliphatic carbocycles. The molecule has 2 saturated heterocycles. The van der Waals surface area contributed by atoms with E-state index in [4.69, 9.17) is 5.11 Å². The van der Waals surface area contributed by atoms with Crippen LogP contribution in [0, 0.1) is 5.92 Å². The predicted octanol–water partition coefficient (Wildman–Crippen LogP) is -0.709. The van der Waals surface area contributed by atoms with E-state index in [-0.39, 0.29) is 30.7 Å². The van der Waals surface area contributed by atoms with Crippen LogP contribution in [0.1, 0.15) is 26.2 Å². The second-order valence-electron chi connectivity index (χ2n) is 5.54. The highest BCUT2D eigenvalue weighted by Gasteiger charge is 2.42. The van der Waals surface area contributed by atoms with Crippen molar-refractivity contribution < 1.29 is 24.6 Å². The van der Waals surface area contributed by atoms with E-state index in [0.717, 1.165) is 6.42 Å². The summed E-state index contributed by atoms with van der Waals surface area (Å²) in [6, 6.07) is -0.954. The standard InChI is InChI=1S/C13H20N2O5/c1-8(16)14-4-2-3-9(6-14)12(18)15-7-10(17)5-11(15)13(19)20/h9-11,17H,2-7H2,1H3,(H,19,20)/t9?,10-,11+/m1/s1. The lowest BCUT2D eigenvalue weighted by Crippen LogP contribution is -2.49. The van der Waals surface area contributed by atoms with Gasteiger partial charge in [0.25, 0.3) is 0 Å². The number of aliphatic carboxylic acids is 1. The summed E-state index contributed by atoms with van der Waals surface area (Å²) in [5.41, 5.74) is 0. The summed E-state index contributed by atoms with van der Waals surface area (Å²) in [4.78, 5) is 37.8. The first kappa shape index (κ1) is 14.8. The number of carbonyl (C=O) groups is 3. The van der Waals surface area contributed by atoms with Gasteiger partial charge < -0.3 is 20.0 Å². The van der Waals surface area contributed by atoms with E-state index >= 15 is 0 Å². The minimum Gasteiger partial charge on any atom is -0.480 e. The molecule has 20 heavy (non-hydrogen) atoms. The number of aliphatic hydroxyl groups excluding tert-OH is 1. The smallest absolute Gasteiger partial charge is 0.326 e. The van der Waals surface area contributed by atoms with Gasteiger partial charge in [-0.1, -0.05) is 0 Å². The number of β-amino-alcohol motifs (C(OH)–C–C–N with tert-alkyl or cyclic N) is 1. The molecule has 2 fully saturated rings. The molecule has 7 nitrogen and oxygen atoms in total. The second kappa shape index (κ2) is 5.78. The molecule has 0 saturated carbocycles. The Hall–Kier alpha value is -1.63. The van der Waals surface area contributed by atoms with E-state index in [1.807, 2.05) is 0 Å². The Kier molecular flexibility index (Phi) is 4.27. The van der Waals surface area contributed by atoms with E-state index in [9.17, 15) is 19.5 Å². The first-order chi connectivity index (χ1) is 9.40. The van der Waals surface area contributed by atoms with Gasteiger partial charge in [-0.15, -0.1) is 0 Å². The highest BCUT2D eigenvalue weighted by atomic mass is 16.4. The van der Waals surface area contributed by atoms with E-state index in [1.165, 1.54) is 11.8 Å². The molecular formula is C13H20N2O5. The van der Waals surface area contributed by atoms with Crippen molar-refractivity contribution in [2.24, 2.45) is 5.92 Å². The molecule has 0 bridgehead atoms. The third-order valence-corrected chi connectivity index (χ3v) is 4.06. The summed E-state index contributed by atoms with van der Waals surface area (Å²) in [5.74, 6) is -1.78. The number of carbonyl (C=O) groups excluding carboxylic acids is 2. The van der Waals surface area contributed by atoms with Crippen LogP contribution in [-0.4, -0.2) is 69.6 Å². The lowest BCUT2D eigenvalue weighted by molar-refractivity contribution is -0.151. The number of aliphatic hydroxyl groups is 1. The first-order valence-electron chi connectivity index (χ1n) is 6.87. The van der Waals surface area contributed by atoms with Crippen molar-refractivity contribution in [1.82, 2.24) is 9.80 Å². The quantitative estimate of drug-likeness (QED) is 0.698. The maximum absolute atomic E-state index is 12.4. The van der Waals surface area contributed by atoms with Crippen molar-refractivity contribution in [2.75, 3.05) is 19.6 Å². The molecular weight excluding hydrogens is 264 g/mol. The van der Waals surface area contributed by atoms with Crippen molar-refractivity contribution in [3.63, 3.8) is 0 Å². The van der Waals surface area contributed by atoms with Crippen LogP contribution in [0.5, 0.6) is 0 Å². The molecule has 7 heteroatoms. The summed E-state index contributed by atoms with van der Waals surface area (Å²) in [6.07, 6.45) is 0.683. The maximum atomic E-state index is 12.4. The van der Waals surface area contributed by atoms with Crippen LogP contribution in [-0.2, 0) is 14.4 Å². The van der Waals surface area contributed by atoms with Crippen molar-refractivity contribution >= 4 is 17.8 Å². The third-order valence-electron chi connectivity index (χ3n) is 4.06. The number of likely N-dealkylation sites (tertiary alicyclic amines) is 2. The van der Waals surface area contributed by atoms with Crippen molar-refractivity contribution in [1.29, 1.82) is 0 Å². The molecule has 2 heterocycles. The summed E-state index contributed by atoms with van der Waals surface area (Å²) >= 11 is 0. The summed E-state index contributed by atoms with van der Waals surface area (Å²) in [6.45, 7) is 2.51. The normalized spacial score (nSPS) is 30.4. The highest BCUT2D eigenvalue weighted by Crippen LogP contribution is 2.25. The molecule has 0 aromatic carbocycles. The molecule has 2 aliphatic rings. The zero-order valence-electron chi connectivity index (χ0n) is 11.5. The molecule has 2 amide bonds. The van der Waals surface area contributed by atoms with Gasteiger partial charge in [0.1, 0.15) is 6.04 Å². The number of hydrogen-bond acceptors (Lipinski definition) is 4. The van der Waals surface area contributed by atoms with Gasteiger partial charge in [-0.05, 0) is 12.8 Å². The minimum atomic E-state index is -1.09. The van der Waals surface area contributed by atoms with Gasteiger partial charge in [-0.25, -0.2) is 4.79 Å². The Morgan fingerprint density at radius 2 is 1.90 bits per heavy atom. The third kappa shape index (κ3) is 2.92. The van der Waals surface area contributed by atoms with E-state index in [1.54, 1.807) is 4.90 Å². The van der Waals surface area contributed by atoms with Crippen molar-refractivity contribution in [3.8, 4) is 0 Å². The van der Waals surface area contributed by atoms with Crippen LogP contribution in [0.2, 0.25) is 0 Å². The average molecular weight is 284 g/mol. The molecule has 2 N–H and O–H groups in total. The Balaban J connectivity index is 2.06. The topological polar surface area (TPSA) is 98.2 Å². The number of carboxylic acids is 1. The number of piperidine rings is 1. The van der Waals surface area contributed by atoms with Crippen molar-refractivity contribution in [3.05, 3.63) is 0 Å². The Morgan fingerprint density at radius 1 is 1.20 bits per heavy atom. The molecule has 3 atom stereocenters. The minimum absolute atomic E-state index is 0.0619. The van der Waals surface area contributed by atoms with Crippen molar-refractivity contribution in [2.45, 2.75) is 38.3 Å². The zero-order valence-corrected chi connectivity index (χ0v) is 11.5. The molecule has 0 aromatic heterocycles. The van der Waals surface area contributed by atoms with Crippen LogP contribution >= 0.6 is 0 Å².